The molecule has 4 rings (SSSR count). The fourth-order valence-electron chi connectivity index (χ4n) is 8.05. The van der Waals surface area contributed by atoms with Crippen LogP contribution in [0.1, 0.15) is 104 Å². The lowest BCUT2D eigenvalue weighted by Crippen LogP contribution is -2.51. The first kappa shape index (κ1) is 30.2. The number of ether oxygens (including phenoxy) is 1. The molecule has 0 bridgehead atoms. The van der Waals surface area contributed by atoms with E-state index in [0.29, 0.717) is 33.6 Å². The van der Waals surface area contributed by atoms with Crippen LogP contribution in [-0.2, 0) is 19.1 Å². The summed E-state index contributed by atoms with van der Waals surface area (Å²) >= 11 is 0. The zero-order chi connectivity index (χ0) is 30.1. The number of carbonyl (C=O) groups excluding carboxylic acids is 4. The van der Waals surface area contributed by atoms with Crippen molar-refractivity contribution in [3.05, 3.63) is 34.9 Å². The average Bonchev–Trinajstić information content (AvgIpc) is 3.17. The molecule has 40 heavy (non-hydrogen) atoms. The number of Topliss-reactive ketones (excluding diaryl/α,β-unsaturated/α-hetero) is 2. The molecule has 1 unspecified atom stereocenters. The maximum atomic E-state index is 14.4. The number of allylic oxidation sites excluding steroid dienone is 1. The predicted molar refractivity (Wildman–Crippen MR) is 158 cm³/mol. The van der Waals surface area contributed by atoms with E-state index in [0.717, 1.165) is 11.1 Å². The smallest absolute Gasteiger partial charge is 0.329 e. The van der Waals surface area contributed by atoms with E-state index in [-0.39, 0.29) is 30.6 Å². The van der Waals surface area contributed by atoms with Crippen LogP contribution in [-0.4, -0.2) is 43.9 Å². The van der Waals surface area contributed by atoms with Crippen LogP contribution < -0.4 is 9.33 Å². The molecule has 4 atom stereocenters. The van der Waals surface area contributed by atoms with Gasteiger partial charge in [0.1, 0.15) is 11.3 Å². The van der Waals surface area contributed by atoms with Gasteiger partial charge in [0.25, 0.3) is 14.2 Å². The first-order chi connectivity index (χ1) is 18.6. The molecule has 0 spiro atoms. The molecule has 1 amide bonds. The molecule has 0 radical (unpaired) electrons. The summed E-state index contributed by atoms with van der Waals surface area (Å²) in [5.74, 6) is -2.01. The Morgan fingerprint density at radius 1 is 1.02 bits per heavy atom. The predicted octanol–water partition coefficient (Wildman–Crippen LogP) is 6.75. The molecule has 3 aliphatic rings. The minimum absolute atomic E-state index is 0.000447. The first-order valence-electron chi connectivity index (χ1n) is 14.7. The number of esters is 1. The molecule has 7 nitrogen and oxygen atoms in total. The molecule has 0 N–H and O–H groups in total. The fraction of sp³-hybridized carbons (Fsp3) is 0.625. The largest absolute Gasteiger partial charge is 0.543 e. The number of nitrogens with zero attached hydrogens (tertiary/aromatic N) is 1. The Morgan fingerprint density at radius 3 is 2.10 bits per heavy atom. The third-order valence-electron chi connectivity index (χ3n) is 9.92. The van der Waals surface area contributed by atoms with Crippen LogP contribution >= 0.6 is 0 Å². The average molecular weight is 568 g/mol. The van der Waals surface area contributed by atoms with Crippen molar-refractivity contribution in [3.8, 4) is 5.75 Å². The zero-order valence-corrected chi connectivity index (χ0v) is 26.9. The van der Waals surface area contributed by atoms with Crippen molar-refractivity contribution in [3.63, 3.8) is 0 Å². The van der Waals surface area contributed by atoms with Gasteiger partial charge < -0.3 is 9.16 Å². The normalized spacial score (nSPS) is 27.8. The van der Waals surface area contributed by atoms with Gasteiger partial charge in [0.2, 0.25) is 5.41 Å². The summed E-state index contributed by atoms with van der Waals surface area (Å²) in [6.07, 6.45) is 2.11. The van der Waals surface area contributed by atoms with E-state index in [4.69, 9.17) is 9.16 Å². The van der Waals surface area contributed by atoms with Crippen LogP contribution in [0.15, 0.2) is 23.8 Å². The standard InChI is InChI=1S/C32H45NO6Si/c1-12-32-16-20(9)25-21(10)27(34)23-14-22(39-40(17(3)4,18(5)6)19(7)8)15-24(26(23)25)33(32)29(36)31(11,28(32)35)30(37)38-13-2/h14-19,21,25H,12-13H2,1-11H3/t21-,25-,31?,32+/m1/s1. The van der Waals surface area contributed by atoms with Gasteiger partial charge in [0, 0.05) is 23.5 Å². The molecule has 1 fully saturated rings. The third kappa shape index (κ3) is 3.73. The van der Waals surface area contributed by atoms with Crippen molar-refractivity contribution < 1.29 is 28.3 Å². The highest BCUT2D eigenvalue weighted by molar-refractivity contribution is 6.78. The van der Waals surface area contributed by atoms with Crippen molar-refractivity contribution in [2.45, 2.75) is 111 Å². The second-order valence-corrected chi connectivity index (χ2v) is 18.3. The number of fused-ring (bicyclic) bond motifs is 2. The Labute approximate surface area is 239 Å². The van der Waals surface area contributed by atoms with Gasteiger partial charge in [0.15, 0.2) is 11.6 Å². The lowest BCUT2D eigenvalue weighted by Gasteiger charge is -2.42. The van der Waals surface area contributed by atoms with Crippen molar-refractivity contribution in [1.82, 2.24) is 0 Å². The van der Waals surface area contributed by atoms with Crippen LogP contribution in [0.4, 0.5) is 5.69 Å². The SMILES string of the molecule is CCOC(=O)C1(C)C(=O)N2c3cc(O[Si](C(C)C)(C(C)C)C(C)C)cc4c3[C@H](C(C)=C[C@@]2(CC)C1=O)[C@@H](C)C4=O. The molecule has 2 aliphatic heterocycles. The van der Waals surface area contributed by atoms with Gasteiger partial charge in [0.05, 0.1) is 12.3 Å². The molecular weight excluding hydrogens is 522 g/mol. The van der Waals surface area contributed by atoms with Crippen LogP contribution in [0.25, 0.3) is 0 Å². The number of carbonyl (C=O) groups is 4. The number of rotatable bonds is 8. The molecule has 1 saturated heterocycles. The first-order valence-corrected chi connectivity index (χ1v) is 16.9. The summed E-state index contributed by atoms with van der Waals surface area (Å²) in [5.41, 5.74) is 0.154. The van der Waals surface area contributed by atoms with Gasteiger partial charge in [-0.25, -0.2) is 0 Å². The second kappa shape index (κ2) is 9.96. The van der Waals surface area contributed by atoms with E-state index in [9.17, 15) is 19.2 Å². The fourth-order valence-corrected chi connectivity index (χ4v) is 13.3. The van der Waals surface area contributed by atoms with E-state index in [1.165, 1.54) is 11.8 Å². The number of hydrogen-bond donors (Lipinski definition) is 0. The van der Waals surface area contributed by atoms with E-state index in [1.54, 1.807) is 6.92 Å². The summed E-state index contributed by atoms with van der Waals surface area (Å²) < 4.78 is 12.3. The Hall–Kier alpha value is -2.74. The second-order valence-electron chi connectivity index (χ2n) is 12.9. The maximum absolute atomic E-state index is 14.4. The van der Waals surface area contributed by atoms with Gasteiger partial charge >= 0.3 is 5.97 Å². The van der Waals surface area contributed by atoms with E-state index in [1.807, 2.05) is 39.0 Å². The van der Waals surface area contributed by atoms with Crippen molar-refractivity contribution >= 4 is 37.4 Å². The van der Waals surface area contributed by atoms with E-state index < -0.39 is 36.9 Å². The van der Waals surface area contributed by atoms with Crippen molar-refractivity contribution in [2.24, 2.45) is 11.3 Å². The molecule has 0 saturated carbocycles. The van der Waals surface area contributed by atoms with Crippen molar-refractivity contribution in [1.29, 1.82) is 0 Å². The topological polar surface area (TPSA) is 90.0 Å². The minimum atomic E-state index is -2.42. The Morgan fingerprint density at radius 2 is 1.60 bits per heavy atom. The molecule has 0 aromatic heterocycles. The Bertz CT molecular complexity index is 1290. The van der Waals surface area contributed by atoms with Crippen LogP contribution in [0, 0.1) is 11.3 Å². The molecule has 218 valence electrons. The van der Waals surface area contributed by atoms with Crippen LogP contribution in [0.3, 0.4) is 0 Å². The lowest BCUT2D eigenvalue weighted by molar-refractivity contribution is -0.160. The number of benzene rings is 1. The van der Waals surface area contributed by atoms with Crippen molar-refractivity contribution in [2.75, 3.05) is 11.5 Å². The quantitative estimate of drug-likeness (QED) is 0.149. The van der Waals surface area contributed by atoms with Gasteiger partial charge in [-0.1, -0.05) is 67.0 Å². The number of ketones is 2. The highest BCUT2D eigenvalue weighted by atomic mass is 28.4. The van der Waals surface area contributed by atoms with Gasteiger partial charge in [-0.3, -0.25) is 24.1 Å². The Balaban J connectivity index is 2.05. The van der Waals surface area contributed by atoms with E-state index >= 15 is 0 Å². The number of anilines is 1. The highest BCUT2D eigenvalue weighted by Crippen LogP contribution is 2.57. The summed E-state index contributed by atoms with van der Waals surface area (Å²) in [6, 6.07) is 3.71. The van der Waals surface area contributed by atoms with Crippen LogP contribution in [0.2, 0.25) is 16.6 Å². The summed E-state index contributed by atoms with van der Waals surface area (Å²) in [6.45, 7) is 21.9. The molecule has 2 heterocycles. The lowest BCUT2D eigenvalue weighted by atomic mass is 9.77. The van der Waals surface area contributed by atoms with Gasteiger partial charge in [-0.15, -0.1) is 0 Å². The molecule has 8 heteroatoms. The van der Waals surface area contributed by atoms with Gasteiger partial charge in [-0.2, -0.15) is 0 Å². The third-order valence-corrected chi connectivity index (χ3v) is 15.9. The highest BCUT2D eigenvalue weighted by Gasteiger charge is 2.69. The van der Waals surface area contributed by atoms with E-state index in [2.05, 4.69) is 41.5 Å². The summed E-state index contributed by atoms with van der Waals surface area (Å²) in [5, 5.41) is 0. The Kier molecular flexibility index (Phi) is 7.53. The summed E-state index contributed by atoms with van der Waals surface area (Å²) in [4.78, 5) is 57.1. The number of hydrogen-bond acceptors (Lipinski definition) is 6. The zero-order valence-electron chi connectivity index (χ0n) is 25.9. The maximum Gasteiger partial charge on any atom is 0.329 e. The van der Waals surface area contributed by atoms with Crippen LogP contribution in [0.5, 0.6) is 5.75 Å². The summed E-state index contributed by atoms with van der Waals surface area (Å²) in [7, 11) is -2.42. The minimum Gasteiger partial charge on any atom is -0.543 e. The molecular formula is C32H45NO6Si. The van der Waals surface area contributed by atoms with Gasteiger partial charge in [-0.05, 0) is 55.4 Å². The molecule has 1 aromatic carbocycles. The molecule has 1 aliphatic carbocycles. The monoisotopic (exact) mass is 567 g/mol. The number of amides is 1. The molecule has 1 aromatic rings.